The van der Waals surface area contributed by atoms with Crippen molar-refractivity contribution in [3.63, 3.8) is 0 Å². The summed E-state index contributed by atoms with van der Waals surface area (Å²) in [6, 6.07) is 0. The van der Waals surface area contributed by atoms with Gasteiger partial charge < -0.3 is 14.6 Å². The molecule has 2 saturated heterocycles. The molecule has 15 heavy (non-hydrogen) atoms. The third kappa shape index (κ3) is 3.44. The van der Waals surface area contributed by atoms with E-state index in [0.717, 1.165) is 19.7 Å². The van der Waals surface area contributed by atoms with Crippen LogP contribution in [0.4, 0.5) is 0 Å². The predicted octanol–water partition coefficient (Wildman–Crippen LogP) is -0.0213. The van der Waals surface area contributed by atoms with Gasteiger partial charge in [-0.15, -0.1) is 0 Å². The number of carbonyl (C=O) groups is 1. The minimum absolute atomic E-state index is 0.160. The first-order valence-electron chi connectivity index (χ1n) is 5.05. The maximum absolute atomic E-state index is 9.60. The van der Waals surface area contributed by atoms with Crippen LogP contribution in [0.1, 0.15) is 20.8 Å². The smallest absolute Gasteiger partial charge is 0.293 e. The quantitative estimate of drug-likeness (QED) is 0.520. The van der Waals surface area contributed by atoms with Gasteiger partial charge in [-0.1, -0.05) is 0 Å². The summed E-state index contributed by atoms with van der Waals surface area (Å²) in [4.78, 5) is 11.7. The Morgan fingerprint density at radius 2 is 2.27 bits per heavy atom. The molecule has 0 radical (unpaired) electrons. The van der Waals surface area contributed by atoms with E-state index >= 15 is 0 Å². The number of morpholine rings is 1. The minimum atomic E-state index is -0.318. The Kier molecular flexibility index (Phi) is 3.70. The molecule has 1 N–H and O–H groups in total. The summed E-state index contributed by atoms with van der Waals surface area (Å²) in [5.41, 5.74) is -0.526. The monoisotopic (exact) mass is 217 g/mol. The number of fused-ring (bicyclic) bond motifs is 1. The van der Waals surface area contributed by atoms with Crippen LogP contribution < -0.4 is 0 Å². The first kappa shape index (κ1) is 12.4. The van der Waals surface area contributed by atoms with Crippen molar-refractivity contribution in [3.8, 4) is 0 Å². The highest BCUT2D eigenvalue weighted by Crippen LogP contribution is 2.36. The van der Waals surface area contributed by atoms with Crippen LogP contribution in [0, 0.1) is 0 Å². The molecule has 2 fully saturated rings. The van der Waals surface area contributed by atoms with Gasteiger partial charge in [0.25, 0.3) is 6.47 Å². The Morgan fingerprint density at radius 1 is 1.60 bits per heavy atom. The highest BCUT2D eigenvalue weighted by atomic mass is 16.6. The molecule has 2 heterocycles. The van der Waals surface area contributed by atoms with Crippen molar-refractivity contribution < 1.29 is 19.4 Å². The molecule has 5 nitrogen and oxygen atoms in total. The predicted molar refractivity (Wildman–Crippen MR) is 54.2 cm³/mol. The van der Waals surface area contributed by atoms with Crippen LogP contribution in [0.5, 0.6) is 0 Å². The van der Waals surface area contributed by atoms with E-state index in [4.69, 9.17) is 9.84 Å². The lowest BCUT2D eigenvalue weighted by Crippen LogP contribution is -2.19. The van der Waals surface area contributed by atoms with Gasteiger partial charge in [0.05, 0.1) is 13.2 Å². The van der Waals surface area contributed by atoms with Crippen LogP contribution in [0.25, 0.3) is 0 Å². The Labute approximate surface area is 90.0 Å². The molecule has 0 aromatic carbocycles. The Morgan fingerprint density at radius 3 is 2.40 bits per heavy atom. The highest BCUT2D eigenvalue weighted by molar-refractivity contribution is 5.37. The van der Waals surface area contributed by atoms with E-state index < -0.39 is 0 Å². The standard InChI is InChI=1S/C5H9NO2.C5H10O2/c7-4-5-3-6(5)1-2-8-5;1-5(2,3)7-4-6/h7H,1-4H2;4H,1-3H3. The van der Waals surface area contributed by atoms with Crippen molar-refractivity contribution >= 4 is 6.47 Å². The van der Waals surface area contributed by atoms with Gasteiger partial charge in [0.1, 0.15) is 5.60 Å². The summed E-state index contributed by atoms with van der Waals surface area (Å²) in [7, 11) is 0. The maximum atomic E-state index is 9.60. The lowest BCUT2D eigenvalue weighted by atomic mass is 10.2. The number of carbonyl (C=O) groups excluding carboxylic acids is 1. The largest absolute Gasteiger partial charge is 0.462 e. The van der Waals surface area contributed by atoms with Crippen LogP contribution in [-0.2, 0) is 14.3 Å². The lowest BCUT2D eigenvalue weighted by molar-refractivity contribution is -0.138. The third-order valence-corrected chi connectivity index (χ3v) is 2.29. The molecule has 0 aromatic heterocycles. The average molecular weight is 217 g/mol. The van der Waals surface area contributed by atoms with Gasteiger partial charge >= 0.3 is 0 Å². The highest BCUT2D eigenvalue weighted by Gasteiger charge is 2.56. The second-order valence-electron chi connectivity index (χ2n) is 4.70. The maximum Gasteiger partial charge on any atom is 0.293 e. The molecule has 0 aromatic rings. The fourth-order valence-corrected chi connectivity index (χ4v) is 1.37. The van der Waals surface area contributed by atoms with Crippen LogP contribution in [0.2, 0.25) is 0 Å². The van der Waals surface area contributed by atoms with Crippen molar-refractivity contribution in [3.05, 3.63) is 0 Å². The van der Waals surface area contributed by atoms with Crippen molar-refractivity contribution in [2.24, 2.45) is 0 Å². The number of nitrogens with zero attached hydrogens (tertiary/aromatic N) is 1. The molecular formula is C10H19NO4. The number of ether oxygens (including phenoxy) is 2. The van der Waals surface area contributed by atoms with E-state index in [0.29, 0.717) is 6.47 Å². The van der Waals surface area contributed by atoms with Gasteiger partial charge in [0, 0.05) is 13.1 Å². The number of rotatable bonds is 2. The molecule has 88 valence electrons. The zero-order valence-electron chi connectivity index (χ0n) is 9.52. The normalized spacial score (nSPS) is 32.4. The minimum Gasteiger partial charge on any atom is -0.462 e. The van der Waals surface area contributed by atoms with E-state index in [1.165, 1.54) is 0 Å². The topological polar surface area (TPSA) is 58.8 Å². The van der Waals surface area contributed by atoms with Crippen molar-refractivity contribution in [2.75, 3.05) is 26.3 Å². The first-order chi connectivity index (χ1) is 6.93. The molecule has 0 spiro atoms. The average Bonchev–Trinajstić information content (AvgIpc) is 2.69. The fraction of sp³-hybridized carbons (Fsp3) is 0.900. The molecular weight excluding hydrogens is 198 g/mol. The van der Waals surface area contributed by atoms with Gasteiger partial charge in [-0.05, 0) is 20.8 Å². The molecule has 2 rings (SSSR count). The second kappa shape index (κ2) is 4.47. The zero-order chi connectivity index (χ0) is 11.5. The van der Waals surface area contributed by atoms with Crippen LogP contribution in [-0.4, -0.2) is 54.1 Å². The molecule has 2 atom stereocenters. The molecule has 0 bridgehead atoms. The van der Waals surface area contributed by atoms with Crippen LogP contribution in [0.3, 0.4) is 0 Å². The number of aliphatic hydroxyl groups excluding tert-OH is 1. The lowest BCUT2D eigenvalue weighted by Gasteiger charge is -2.14. The van der Waals surface area contributed by atoms with Crippen molar-refractivity contribution in [1.82, 2.24) is 4.90 Å². The van der Waals surface area contributed by atoms with E-state index in [1.807, 2.05) is 20.8 Å². The Hall–Kier alpha value is -0.650. The second-order valence-corrected chi connectivity index (χ2v) is 4.70. The number of hydrogen-bond donors (Lipinski definition) is 1. The summed E-state index contributed by atoms with van der Waals surface area (Å²) in [5.74, 6) is 0. The van der Waals surface area contributed by atoms with E-state index in [9.17, 15) is 4.79 Å². The fourth-order valence-electron chi connectivity index (χ4n) is 1.37. The van der Waals surface area contributed by atoms with Gasteiger partial charge in [-0.2, -0.15) is 0 Å². The third-order valence-electron chi connectivity index (χ3n) is 2.29. The molecule has 5 heteroatoms. The molecule has 2 unspecified atom stereocenters. The zero-order valence-corrected chi connectivity index (χ0v) is 9.52. The van der Waals surface area contributed by atoms with Gasteiger partial charge in [-0.25, -0.2) is 0 Å². The van der Waals surface area contributed by atoms with Gasteiger partial charge in [0.15, 0.2) is 5.72 Å². The molecule has 0 aliphatic carbocycles. The summed E-state index contributed by atoms with van der Waals surface area (Å²) in [5, 5.41) is 8.70. The van der Waals surface area contributed by atoms with Gasteiger partial charge in [0.2, 0.25) is 0 Å². The summed E-state index contributed by atoms with van der Waals surface area (Å²) in [6.07, 6.45) is 0. The summed E-state index contributed by atoms with van der Waals surface area (Å²) < 4.78 is 9.79. The summed E-state index contributed by atoms with van der Waals surface area (Å²) in [6.45, 7) is 8.81. The molecule has 0 amide bonds. The molecule has 0 saturated carbocycles. The van der Waals surface area contributed by atoms with E-state index in [1.54, 1.807) is 0 Å². The van der Waals surface area contributed by atoms with E-state index in [-0.39, 0.29) is 17.9 Å². The van der Waals surface area contributed by atoms with Crippen molar-refractivity contribution in [1.29, 1.82) is 0 Å². The first-order valence-corrected chi connectivity index (χ1v) is 5.05. The van der Waals surface area contributed by atoms with Gasteiger partial charge in [-0.3, -0.25) is 9.69 Å². The SMILES string of the molecule is CC(C)(C)OC=O.OCC12CN1CCO2. The Bertz CT molecular complexity index is 222. The summed E-state index contributed by atoms with van der Waals surface area (Å²) >= 11 is 0. The Balaban J connectivity index is 0.000000153. The number of aliphatic hydroxyl groups is 1. The van der Waals surface area contributed by atoms with E-state index in [2.05, 4.69) is 9.64 Å². The molecule has 2 aliphatic heterocycles. The molecule has 2 aliphatic rings. The van der Waals surface area contributed by atoms with Crippen LogP contribution in [0.15, 0.2) is 0 Å². The van der Waals surface area contributed by atoms with Crippen LogP contribution >= 0.6 is 0 Å². The van der Waals surface area contributed by atoms with Crippen molar-refractivity contribution in [2.45, 2.75) is 32.1 Å². The number of hydrogen-bond acceptors (Lipinski definition) is 5.